The summed E-state index contributed by atoms with van der Waals surface area (Å²) in [6.07, 6.45) is 1.02. The highest BCUT2D eigenvalue weighted by Gasteiger charge is 2.15. The number of hydrogen-bond acceptors (Lipinski definition) is 3. The van der Waals surface area contributed by atoms with Crippen LogP contribution in [0, 0.1) is 17.7 Å². The first-order chi connectivity index (χ1) is 10.1. The second-order valence-corrected chi connectivity index (χ2v) is 4.54. The van der Waals surface area contributed by atoms with Gasteiger partial charge in [0, 0.05) is 39.3 Å². The molecule has 0 unspecified atom stereocenters. The average molecular weight is 293 g/mol. The van der Waals surface area contributed by atoms with Crippen molar-refractivity contribution in [2.75, 3.05) is 33.9 Å². The smallest absolute Gasteiger partial charge is 0.254 e. The van der Waals surface area contributed by atoms with Crippen molar-refractivity contribution in [2.24, 2.45) is 0 Å². The van der Waals surface area contributed by atoms with E-state index in [9.17, 15) is 9.18 Å². The Morgan fingerprint density at radius 3 is 2.90 bits per heavy atom. The second-order valence-electron chi connectivity index (χ2n) is 4.54. The largest absolute Gasteiger partial charge is 0.395 e. The van der Waals surface area contributed by atoms with Gasteiger partial charge in [-0.25, -0.2) is 4.39 Å². The van der Waals surface area contributed by atoms with Gasteiger partial charge in [0.15, 0.2) is 0 Å². The Kier molecular flexibility index (Phi) is 7.44. The minimum absolute atomic E-state index is 0.0472. The first-order valence-corrected chi connectivity index (χ1v) is 6.73. The van der Waals surface area contributed by atoms with Crippen LogP contribution in [0.3, 0.4) is 0 Å². The topological polar surface area (TPSA) is 49.8 Å². The quantitative estimate of drug-likeness (QED) is 0.641. The van der Waals surface area contributed by atoms with Crippen LogP contribution in [0.5, 0.6) is 0 Å². The molecule has 0 atom stereocenters. The molecular weight excluding hydrogens is 273 g/mol. The molecule has 0 fully saturated rings. The van der Waals surface area contributed by atoms with Crippen LogP contribution < -0.4 is 0 Å². The number of rotatable bonds is 6. The van der Waals surface area contributed by atoms with Crippen molar-refractivity contribution < 1.29 is 19.0 Å². The average Bonchev–Trinajstić information content (AvgIpc) is 2.48. The normalized spacial score (nSPS) is 9.90. The Morgan fingerprint density at radius 1 is 1.48 bits per heavy atom. The predicted octanol–water partition coefficient (Wildman–Crippen LogP) is 1.67. The number of carbonyl (C=O) groups excluding carboxylic acids is 1. The summed E-state index contributed by atoms with van der Waals surface area (Å²) in [5.41, 5.74) is 0.703. The van der Waals surface area contributed by atoms with Gasteiger partial charge in [-0.05, 0) is 24.6 Å². The van der Waals surface area contributed by atoms with Crippen LogP contribution in [0.1, 0.15) is 28.8 Å². The lowest BCUT2D eigenvalue weighted by molar-refractivity contribution is 0.0778. The van der Waals surface area contributed by atoms with Crippen molar-refractivity contribution in [3.8, 4) is 11.8 Å². The van der Waals surface area contributed by atoms with Crippen molar-refractivity contribution in [2.45, 2.75) is 12.8 Å². The molecule has 0 radical (unpaired) electrons. The summed E-state index contributed by atoms with van der Waals surface area (Å²) in [5.74, 6) is 4.79. The number of hydrogen-bond donors (Lipinski definition) is 1. The number of ether oxygens (including phenoxy) is 1. The lowest BCUT2D eigenvalue weighted by Crippen LogP contribution is -2.29. The van der Waals surface area contributed by atoms with Crippen molar-refractivity contribution >= 4 is 5.91 Å². The molecule has 0 saturated carbocycles. The van der Waals surface area contributed by atoms with Crippen molar-refractivity contribution in [3.05, 3.63) is 35.1 Å². The Balaban J connectivity index is 2.91. The van der Waals surface area contributed by atoms with Crippen LogP contribution in [-0.2, 0) is 4.74 Å². The molecule has 1 aromatic rings. The van der Waals surface area contributed by atoms with Crippen LogP contribution in [0.25, 0.3) is 0 Å². The van der Waals surface area contributed by atoms with E-state index in [0.717, 1.165) is 0 Å². The summed E-state index contributed by atoms with van der Waals surface area (Å²) in [6, 6.07) is 3.94. The van der Waals surface area contributed by atoms with Gasteiger partial charge in [0.1, 0.15) is 5.82 Å². The maximum absolute atomic E-state index is 13.4. The van der Waals surface area contributed by atoms with Gasteiger partial charge in [-0.1, -0.05) is 11.8 Å². The maximum Gasteiger partial charge on any atom is 0.254 e. The summed E-state index contributed by atoms with van der Waals surface area (Å²) in [6.45, 7) is 1.03. The van der Waals surface area contributed by atoms with Crippen LogP contribution in [0.2, 0.25) is 0 Å². The van der Waals surface area contributed by atoms with Crippen molar-refractivity contribution in [1.82, 2.24) is 4.90 Å². The third kappa shape index (κ3) is 5.54. The van der Waals surface area contributed by atoms with E-state index in [2.05, 4.69) is 11.8 Å². The molecule has 4 nitrogen and oxygen atoms in total. The van der Waals surface area contributed by atoms with Gasteiger partial charge in [-0.2, -0.15) is 0 Å². The first-order valence-electron chi connectivity index (χ1n) is 6.73. The first kappa shape index (κ1) is 17.2. The number of amides is 1. The molecule has 21 heavy (non-hydrogen) atoms. The van der Waals surface area contributed by atoms with E-state index >= 15 is 0 Å². The van der Waals surface area contributed by atoms with Gasteiger partial charge in [-0.3, -0.25) is 4.79 Å². The lowest BCUT2D eigenvalue weighted by Gasteiger charge is -2.17. The number of nitrogens with zero attached hydrogens (tertiary/aromatic N) is 1. The Hall–Kier alpha value is -1.90. The molecule has 1 N–H and O–H groups in total. The van der Waals surface area contributed by atoms with E-state index in [1.165, 1.54) is 23.1 Å². The summed E-state index contributed by atoms with van der Waals surface area (Å²) >= 11 is 0. The zero-order valence-electron chi connectivity index (χ0n) is 12.4. The number of benzene rings is 1. The van der Waals surface area contributed by atoms with Crippen LogP contribution >= 0.6 is 0 Å². The van der Waals surface area contributed by atoms with Crippen LogP contribution in [0.15, 0.2) is 18.2 Å². The monoisotopic (exact) mass is 293 g/mol. The zero-order chi connectivity index (χ0) is 15.7. The van der Waals surface area contributed by atoms with E-state index < -0.39 is 5.82 Å². The molecule has 0 bridgehead atoms. The fraction of sp³-hybridized carbons (Fsp3) is 0.438. The molecule has 0 spiro atoms. The number of halogens is 1. The fourth-order valence-electron chi connectivity index (χ4n) is 1.77. The molecule has 5 heteroatoms. The minimum atomic E-state index is -0.476. The van der Waals surface area contributed by atoms with Gasteiger partial charge < -0.3 is 14.7 Å². The third-order valence-electron chi connectivity index (χ3n) is 2.86. The molecule has 0 aliphatic heterocycles. The minimum Gasteiger partial charge on any atom is -0.395 e. The lowest BCUT2D eigenvalue weighted by atomic mass is 10.1. The predicted molar refractivity (Wildman–Crippen MR) is 78.4 cm³/mol. The van der Waals surface area contributed by atoms with E-state index in [0.29, 0.717) is 31.6 Å². The standard InChI is InChI=1S/C16H20FNO3/c1-18(9-5-11-21-2)16(20)15-12-14(17)8-7-13(15)6-3-4-10-19/h7-8,12,19H,4-5,9-11H2,1-2H3. The van der Waals surface area contributed by atoms with Crippen LogP contribution in [-0.4, -0.2) is 49.8 Å². The van der Waals surface area contributed by atoms with E-state index in [4.69, 9.17) is 9.84 Å². The highest BCUT2D eigenvalue weighted by Crippen LogP contribution is 2.13. The molecule has 0 saturated heterocycles. The van der Waals surface area contributed by atoms with Gasteiger partial charge in [0.25, 0.3) is 5.91 Å². The number of carbonyl (C=O) groups is 1. The Bertz CT molecular complexity index is 534. The molecule has 0 aliphatic carbocycles. The second kappa shape index (κ2) is 9.11. The van der Waals surface area contributed by atoms with Crippen LogP contribution in [0.4, 0.5) is 4.39 Å². The SMILES string of the molecule is COCCCN(C)C(=O)c1cc(F)ccc1C#CCCO. The molecule has 0 heterocycles. The molecule has 1 rings (SSSR count). The van der Waals surface area contributed by atoms with Gasteiger partial charge in [-0.15, -0.1) is 0 Å². The highest BCUT2D eigenvalue weighted by atomic mass is 19.1. The zero-order valence-corrected chi connectivity index (χ0v) is 12.4. The van der Waals surface area contributed by atoms with E-state index in [-0.39, 0.29) is 18.1 Å². The fourth-order valence-corrected chi connectivity index (χ4v) is 1.77. The van der Waals surface area contributed by atoms with Gasteiger partial charge in [0.2, 0.25) is 0 Å². The number of aliphatic hydroxyl groups is 1. The summed E-state index contributed by atoms with van der Waals surface area (Å²) in [5, 5.41) is 8.73. The molecule has 1 amide bonds. The number of aliphatic hydroxyl groups excluding tert-OH is 1. The summed E-state index contributed by atoms with van der Waals surface area (Å²) in [7, 11) is 3.26. The summed E-state index contributed by atoms with van der Waals surface area (Å²) in [4.78, 5) is 13.9. The summed E-state index contributed by atoms with van der Waals surface area (Å²) < 4.78 is 18.3. The van der Waals surface area contributed by atoms with Gasteiger partial charge >= 0.3 is 0 Å². The van der Waals surface area contributed by atoms with E-state index in [1.54, 1.807) is 14.2 Å². The highest BCUT2D eigenvalue weighted by molar-refractivity contribution is 5.96. The van der Waals surface area contributed by atoms with Crippen molar-refractivity contribution in [3.63, 3.8) is 0 Å². The number of methoxy groups -OCH3 is 1. The molecule has 1 aromatic carbocycles. The van der Waals surface area contributed by atoms with Crippen molar-refractivity contribution in [1.29, 1.82) is 0 Å². The molecule has 114 valence electrons. The Labute approximate surface area is 124 Å². The molecule has 0 aliphatic rings. The molecule has 0 aromatic heterocycles. The molecular formula is C16H20FNO3. The van der Waals surface area contributed by atoms with E-state index in [1.807, 2.05) is 0 Å². The van der Waals surface area contributed by atoms with Gasteiger partial charge in [0.05, 0.1) is 12.2 Å². The maximum atomic E-state index is 13.4. The third-order valence-corrected chi connectivity index (χ3v) is 2.86. The Morgan fingerprint density at radius 2 is 2.24 bits per heavy atom.